The fourth-order valence-electron chi connectivity index (χ4n) is 3.69. The summed E-state index contributed by atoms with van der Waals surface area (Å²) >= 11 is 2.25. The molecule has 6 nitrogen and oxygen atoms in total. The summed E-state index contributed by atoms with van der Waals surface area (Å²) in [5.41, 5.74) is 3.79. The van der Waals surface area contributed by atoms with Crippen molar-refractivity contribution in [2.75, 3.05) is 6.54 Å². The van der Waals surface area contributed by atoms with Crippen LogP contribution in [-0.2, 0) is 0 Å². The Bertz CT molecular complexity index is 1110. The van der Waals surface area contributed by atoms with Crippen LogP contribution in [0.5, 0.6) is 0 Å². The topological polar surface area (TPSA) is 106 Å². The number of rotatable bonds is 14. The van der Waals surface area contributed by atoms with E-state index in [4.69, 9.17) is 20.1 Å². The smallest absolute Gasteiger partial charge is 0.423 e. The number of hydrogen-bond acceptors (Lipinski definition) is 6. The van der Waals surface area contributed by atoms with Gasteiger partial charge in [-0.3, -0.25) is 9.98 Å². The fourth-order valence-corrected chi connectivity index (χ4v) is 4.05. The molecule has 0 spiro atoms. The predicted molar refractivity (Wildman–Crippen MR) is 174 cm³/mol. The molecule has 0 aromatic heterocycles. The van der Waals surface area contributed by atoms with Crippen LogP contribution in [0.2, 0.25) is 0 Å². The van der Waals surface area contributed by atoms with Gasteiger partial charge in [-0.05, 0) is 75.3 Å². The van der Waals surface area contributed by atoms with Crippen LogP contribution in [0.15, 0.2) is 82.8 Å². The monoisotopic (exact) mass is 640 g/mol. The first-order chi connectivity index (χ1) is 18.9. The average Bonchev–Trinajstić information content (AvgIpc) is 2.94. The molecule has 9 heteroatoms. The summed E-state index contributed by atoms with van der Waals surface area (Å²) < 4.78 is 1.17. The van der Waals surface area contributed by atoms with Gasteiger partial charge >= 0.3 is 14.2 Å². The van der Waals surface area contributed by atoms with Crippen LogP contribution in [0.1, 0.15) is 69.4 Å². The summed E-state index contributed by atoms with van der Waals surface area (Å²) in [6.07, 6.45) is 14.1. The van der Waals surface area contributed by atoms with Gasteiger partial charge in [0.1, 0.15) is 0 Å². The van der Waals surface area contributed by atoms with Crippen LogP contribution in [0.3, 0.4) is 0 Å². The van der Waals surface area contributed by atoms with Crippen molar-refractivity contribution >= 4 is 65.9 Å². The maximum Gasteiger partial charge on any atom is 0.488 e. The van der Waals surface area contributed by atoms with Crippen molar-refractivity contribution in [3.63, 3.8) is 0 Å². The molecule has 0 aliphatic heterocycles. The van der Waals surface area contributed by atoms with Gasteiger partial charge in [0.25, 0.3) is 0 Å². The SMILES string of the molecule is CCCCCCCCCCN=Cc1ccc(B(O)O)cc1.OB(O)c1ccc(C=Nc2ccc(I)cc2)cc1. The Kier molecular flexibility index (Phi) is 16.6. The van der Waals surface area contributed by atoms with Crippen molar-refractivity contribution in [2.24, 2.45) is 9.98 Å². The Morgan fingerprint density at radius 1 is 0.615 bits per heavy atom. The largest absolute Gasteiger partial charge is 0.488 e. The normalized spacial score (nSPS) is 11.0. The van der Waals surface area contributed by atoms with Crippen LogP contribution in [0.4, 0.5) is 5.69 Å². The summed E-state index contributed by atoms with van der Waals surface area (Å²) in [6.45, 7) is 3.12. The molecule has 0 atom stereocenters. The van der Waals surface area contributed by atoms with E-state index in [2.05, 4.69) is 39.5 Å². The van der Waals surface area contributed by atoms with Crippen LogP contribution >= 0.6 is 22.6 Å². The van der Waals surface area contributed by atoms with Gasteiger partial charge in [0, 0.05) is 22.5 Å². The lowest BCUT2D eigenvalue weighted by Crippen LogP contribution is -2.29. The maximum absolute atomic E-state index is 9.00. The summed E-state index contributed by atoms with van der Waals surface area (Å²) in [7, 11) is -2.82. The molecule has 0 aliphatic carbocycles. The van der Waals surface area contributed by atoms with Crippen molar-refractivity contribution in [3.8, 4) is 0 Å². The molecule has 0 aliphatic rings. The molecule has 0 saturated carbocycles. The first kappa shape index (κ1) is 32.9. The van der Waals surface area contributed by atoms with Gasteiger partial charge in [-0.2, -0.15) is 0 Å². The van der Waals surface area contributed by atoms with E-state index < -0.39 is 14.2 Å². The van der Waals surface area contributed by atoms with E-state index in [-0.39, 0.29) is 0 Å². The fraction of sp³-hybridized carbons (Fsp3) is 0.333. The Morgan fingerprint density at radius 3 is 1.56 bits per heavy atom. The highest BCUT2D eigenvalue weighted by molar-refractivity contribution is 14.1. The van der Waals surface area contributed by atoms with E-state index in [0.29, 0.717) is 10.9 Å². The minimum absolute atomic E-state index is 0.474. The highest BCUT2D eigenvalue weighted by Gasteiger charge is 2.09. The zero-order valence-corrected chi connectivity index (χ0v) is 24.8. The standard InChI is InChI=1S/C17H28BNO2.C13H11BINO2/c1-2-3-4-5-6-7-8-9-14-19-15-16-10-12-17(13-11-16)18(20)21;15-12-5-7-13(8-6-12)16-9-10-1-3-11(4-2-10)14(17)18/h10-13,15,20-21H,2-9,14H2,1H3;1-9,17-18H. The highest BCUT2D eigenvalue weighted by Crippen LogP contribution is 2.14. The van der Waals surface area contributed by atoms with E-state index in [1.54, 1.807) is 42.6 Å². The van der Waals surface area contributed by atoms with Crippen molar-refractivity contribution in [1.29, 1.82) is 0 Å². The van der Waals surface area contributed by atoms with Crippen molar-refractivity contribution in [3.05, 3.63) is 87.5 Å². The van der Waals surface area contributed by atoms with Gasteiger partial charge in [-0.25, -0.2) is 0 Å². The number of nitrogens with zero attached hydrogens (tertiary/aromatic N) is 2. The molecule has 0 amide bonds. The second-order valence-corrected chi connectivity index (χ2v) is 10.6. The molecule has 0 radical (unpaired) electrons. The zero-order valence-electron chi connectivity index (χ0n) is 22.7. The molecule has 3 aromatic carbocycles. The number of hydrogen-bond donors (Lipinski definition) is 4. The van der Waals surface area contributed by atoms with Gasteiger partial charge in [-0.15, -0.1) is 0 Å². The molecular formula is C30H39B2IN2O4. The lowest BCUT2D eigenvalue weighted by molar-refractivity contribution is 0.424. The number of benzene rings is 3. The lowest BCUT2D eigenvalue weighted by Gasteiger charge is -2.00. The van der Waals surface area contributed by atoms with Crippen LogP contribution < -0.4 is 10.9 Å². The first-order valence-corrected chi connectivity index (χ1v) is 14.7. The third-order valence-electron chi connectivity index (χ3n) is 6.04. The van der Waals surface area contributed by atoms with E-state index in [0.717, 1.165) is 29.8 Å². The van der Waals surface area contributed by atoms with Crippen LogP contribution in [-0.4, -0.2) is 53.3 Å². The second-order valence-electron chi connectivity index (χ2n) is 9.33. The van der Waals surface area contributed by atoms with E-state index >= 15 is 0 Å². The Morgan fingerprint density at radius 2 is 1.08 bits per heavy atom. The molecule has 4 N–H and O–H groups in total. The summed E-state index contributed by atoms with van der Waals surface area (Å²) in [5.74, 6) is 0. The lowest BCUT2D eigenvalue weighted by atomic mass is 9.80. The molecule has 3 rings (SSSR count). The highest BCUT2D eigenvalue weighted by atomic mass is 127. The molecule has 206 valence electrons. The first-order valence-electron chi connectivity index (χ1n) is 13.6. The van der Waals surface area contributed by atoms with Gasteiger partial charge < -0.3 is 20.1 Å². The van der Waals surface area contributed by atoms with Gasteiger partial charge in [-0.1, -0.05) is 100 Å². The van der Waals surface area contributed by atoms with E-state index in [9.17, 15) is 0 Å². The number of unbranched alkanes of at least 4 members (excludes halogenated alkanes) is 7. The minimum Gasteiger partial charge on any atom is -0.423 e. The summed E-state index contributed by atoms with van der Waals surface area (Å²) in [5, 5.41) is 35.9. The van der Waals surface area contributed by atoms with Crippen molar-refractivity contribution < 1.29 is 20.1 Å². The maximum atomic E-state index is 9.00. The quantitative estimate of drug-likeness (QED) is 0.0892. The van der Waals surface area contributed by atoms with E-state index in [1.807, 2.05) is 42.6 Å². The van der Waals surface area contributed by atoms with Gasteiger partial charge in [0.15, 0.2) is 0 Å². The third-order valence-corrected chi connectivity index (χ3v) is 6.76. The molecular weight excluding hydrogens is 601 g/mol. The Labute approximate surface area is 247 Å². The molecule has 0 saturated heterocycles. The summed E-state index contributed by atoms with van der Waals surface area (Å²) in [6, 6.07) is 21.9. The Hall–Kier alpha value is -2.30. The molecule has 0 heterocycles. The zero-order chi connectivity index (χ0) is 28.3. The van der Waals surface area contributed by atoms with Gasteiger partial charge in [0.05, 0.1) is 5.69 Å². The van der Waals surface area contributed by atoms with E-state index in [1.165, 1.54) is 48.5 Å². The predicted octanol–water partition coefficient (Wildman–Crippen LogP) is 4.65. The number of aliphatic imine (C=N–C) groups is 2. The average molecular weight is 640 g/mol. The minimum atomic E-state index is -1.42. The molecule has 0 bridgehead atoms. The number of halogens is 1. The molecule has 3 aromatic rings. The third kappa shape index (κ3) is 14.6. The molecule has 0 unspecified atom stereocenters. The molecule has 39 heavy (non-hydrogen) atoms. The second kappa shape index (κ2) is 19.7. The van der Waals surface area contributed by atoms with Crippen LogP contribution in [0.25, 0.3) is 0 Å². The van der Waals surface area contributed by atoms with Crippen molar-refractivity contribution in [1.82, 2.24) is 0 Å². The van der Waals surface area contributed by atoms with Crippen LogP contribution in [0, 0.1) is 3.57 Å². The Balaban J connectivity index is 0.000000276. The molecule has 0 fully saturated rings. The van der Waals surface area contributed by atoms with Gasteiger partial charge in [0.2, 0.25) is 0 Å². The summed E-state index contributed by atoms with van der Waals surface area (Å²) in [4.78, 5) is 8.75. The van der Waals surface area contributed by atoms with Crippen molar-refractivity contribution in [2.45, 2.75) is 58.3 Å².